The van der Waals surface area contributed by atoms with E-state index in [1.165, 1.54) is 6.07 Å². The van der Waals surface area contributed by atoms with E-state index in [0.717, 1.165) is 25.3 Å². The maximum atomic E-state index is 13.8. The lowest BCUT2D eigenvalue weighted by molar-refractivity contribution is -0.000202. The summed E-state index contributed by atoms with van der Waals surface area (Å²) in [6.07, 6.45) is 2.83. The Hall–Kier alpha value is -2.22. The first-order valence-electron chi connectivity index (χ1n) is 10.3. The van der Waals surface area contributed by atoms with Crippen molar-refractivity contribution in [1.29, 1.82) is 0 Å². The van der Waals surface area contributed by atoms with Crippen LogP contribution in [0.3, 0.4) is 0 Å². The molecule has 5 atom stereocenters. The molecule has 2 saturated carbocycles. The molecular formula is C21H28F2N4O2. The van der Waals surface area contributed by atoms with Crippen LogP contribution in [0.15, 0.2) is 17.1 Å². The van der Waals surface area contributed by atoms with E-state index in [9.17, 15) is 13.6 Å². The van der Waals surface area contributed by atoms with Crippen molar-refractivity contribution in [3.63, 3.8) is 0 Å². The van der Waals surface area contributed by atoms with Gasteiger partial charge in [0.15, 0.2) is 11.6 Å². The van der Waals surface area contributed by atoms with Crippen LogP contribution in [-0.4, -0.2) is 51.1 Å². The van der Waals surface area contributed by atoms with E-state index in [-0.39, 0.29) is 24.2 Å². The van der Waals surface area contributed by atoms with Gasteiger partial charge in [-0.25, -0.2) is 13.6 Å². The second-order valence-electron chi connectivity index (χ2n) is 8.42. The molecule has 1 heterocycles. The average Bonchev–Trinajstić information content (AvgIpc) is 3.15. The Morgan fingerprint density at radius 2 is 1.97 bits per heavy atom. The predicted octanol–water partition coefficient (Wildman–Crippen LogP) is 3.23. The van der Waals surface area contributed by atoms with E-state index >= 15 is 0 Å². The number of nitrogens with one attached hydrogen (secondary N) is 2. The third-order valence-electron chi connectivity index (χ3n) is 6.80. The highest BCUT2D eigenvalue weighted by atomic mass is 19.2. The van der Waals surface area contributed by atoms with E-state index in [0.29, 0.717) is 42.3 Å². The van der Waals surface area contributed by atoms with Crippen LogP contribution < -0.4 is 15.5 Å². The van der Waals surface area contributed by atoms with Crippen LogP contribution >= 0.6 is 0 Å². The zero-order chi connectivity index (χ0) is 20.7. The second-order valence-corrected chi connectivity index (χ2v) is 8.42. The van der Waals surface area contributed by atoms with Crippen LogP contribution in [0.2, 0.25) is 0 Å². The van der Waals surface area contributed by atoms with E-state index in [1.807, 2.05) is 11.9 Å². The van der Waals surface area contributed by atoms with Gasteiger partial charge in [0, 0.05) is 31.3 Å². The van der Waals surface area contributed by atoms with Gasteiger partial charge in [-0.15, -0.1) is 0 Å². The van der Waals surface area contributed by atoms with Gasteiger partial charge in [-0.05, 0) is 43.7 Å². The highest BCUT2D eigenvalue weighted by Gasteiger charge is 2.59. The van der Waals surface area contributed by atoms with Gasteiger partial charge in [0.2, 0.25) is 0 Å². The number of nitrogens with zero attached hydrogens (tertiary/aromatic N) is 2. The summed E-state index contributed by atoms with van der Waals surface area (Å²) in [5, 5.41) is 6.07. The smallest absolute Gasteiger partial charge is 0.315 e. The summed E-state index contributed by atoms with van der Waals surface area (Å²) >= 11 is 0. The molecule has 1 saturated heterocycles. The number of amides is 2. The van der Waals surface area contributed by atoms with E-state index in [4.69, 9.17) is 4.74 Å². The first-order valence-corrected chi connectivity index (χ1v) is 10.3. The highest BCUT2D eigenvalue weighted by Crippen LogP contribution is 2.60. The first kappa shape index (κ1) is 20.1. The molecule has 3 fully saturated rings. The highest BCUT2D eigenvalue weighted by molar-refractivity contribution is 5.75. The Bertz CT molecular complexity index is 789. The normalized spacial score (nSPS) is 28.8. The number of anilines is 1. The molecule has 2 amide bonds. The second kappa shape index (κ2) is 7.89. The fraction of sp³-hybridized carbons (Fsp3) is 0.619. The summed E-state index contributed by atoms with van der Waals surface area (Å²) in [6.45, 7) is 6.74. The molecule has 2 unspecified atom stereocenters. The zero-order valence-electron chi connectivity index (χ0n) is 16.8. The summed E-state index contributed by atoms with van der Waals surface area (Å²) < 4.78 is 32.4. The van der Waals surface area contributed by atoms with Gasteiger partial charge in [-0.3, -0.25) is 4.99 Å². The van der Waals surface area contributed by atoms with E-state index in [1.54, 1.807) is 0 Å². The van der Waals surface area contributed by atoms with E-state index in [2.05, 4.69) is 29.3 Å². The molecule has 0 spiro atoms. The molecule has 8 heteroatoms. The van der Waals surface area contributed by atoms with Crippen LogP contribution in [0, 0.1) is 29.4 Å². The van der Waals surface area contributed by atoms with Crippen molar-refractivity contribution in [3.8, 4) is 0 Å². The predicted molar refractivity (Wildman–Crippen MR) is 108 cm³/mol. The number of halogens is 2. The summed E-state index contributed by atoms with van der Waals surface area (Å²) in [5.74, 6) is -0.216. The molecule has 2 aliphatic carbocycles. The molecule has 29 heavy (non-hydrogen) atoms. The van der Waals surface area contributed by atoms with Gasteiger partial charge in [0.25, 0.3) is 0 Å². The van der Waals surface area contributed by atoms with Crippen molar-refractivity contribution in [1.82, 2.24) is 10.6 Å². The van der Waals surface area contributed by atoms with Crippen molar-refractivity contribution >= 4 is 24.1 Å². The summed E-state index contributed by atoms with van der Waals surface area (Å²) in [6, 6.07) is 2.69. The van der Waals surface area contributed by atoms with Gasteiger partial charge in [-0.1, -0.05) is 6.92 Å². The monoisotopic (exact) mass is 406 g/mol. The minimum atomic E-state index is -0.914. The van der Waals surface area contributed by atoms with Gasteiger partial charge in [-0.2, -0.15) is 0 Å². The largest absolute Gasteiger partial charge is 0.377 e. The Labute approximate surface area is 169 Å². The molecule has 0 bridgehead atoms. The molecular weight excluding hydrogens is 378 g/mol. The number of carbonyl (C=O) groups excluding carboxylic acids is 1. The zero-order valence-corrected chi connectivity index (χ0v) is 16.8. The lowest BCUT2D eigenvalue weighted by atomic mass is 9.98. The van der Waals surface area contributed by atoms with E-state index < -0.39 is 11.6 Å². The average molecular weight is 406 g/mol. The van der Waals surface area contributed by atoms with Crippen LogP contribution in [-0.2, 0) is 4.74 Å². The van der Waals surface area contributed by atoms with Crippen LogP contribution in [0.25, 0.3) is 0 Å². The van der Waals surface area contributed by atoms with Crippen molar-refractivity contribution in [3.05, 3.63) is 23.8 Å². The first-order chi connectivity index (χ1) is 13.9. The van der Waals surface area contributed by atoms with Gasteiger partial charge in [0.1, 0.15) is 0 Å². The fourth-order valence-corrected chi connectivity index (χ4v) is 5.09. The van der Waals surface area contributed by atoms with Crippen molar-refractivity contribution < 1.29 is 18.3 Å². The fourth-order valence-electron chi connectivity index (χ4n) is 5.09. The molecule has 4 rings (SSSR count). The lowest BCUT2D eigenvalue weighted by Crippen LogP contribution is -2.54. The third-order valence-corrected chi connectivity index (χ3v) is 6.80. The molecule has 1 aromatic rings. The minimum Gasteiger partial charge on any atom is -0.377 e. The number of urea groups is 1. The van der Waals surface area contributed by atoms with Gasteiger partial charge in [0.05, 0.1) is 30.6 Å². The number of fused-ring (bicyclic) bond motifs is 1. The number of ether oxygens (including phenoxy) is 1. The molecule has 1 aromatic carbocycles. The Morgan fingerprint density at radius 3 is 2.52 bits per heavy atom. The quantitative estimate of drug-likeness (QED) is 0.684. The summed E-state index contributed by atoms with van der Waals surface area (Å²) in [4.78, 5) is 18.0. The van der Waals surface area contributed by atoms with Crippen LogP contribution in [0.5, 0.6) is 0 Å². The maximum Gasteiger partial charge on any atom is 0.315 e. The molecule has 3 aliphatic rings. The summed E-state index contributed by atoms with van der Waals surface area (Å²) in [7, 11) is 1.90. The maximum absolute atomic E-state index is 13.8. The lowest BCUT2D eigenvalue weighted by Gasteiger charge is -2.31. The number of hydrogen-bond acceptors (Lipinski definition) is 4. The standard InChI is InChI=1S/C21H28F2N4O2/c1-4-17(26-21(28)25-11-9-29-10-11)20-13-5-12(6-14(13)20)27(3)19-8-16(23)15(22)7-18(19)24-2/h7-8,11-14,17,20H,2,4-6,9-10H2,1,3H3,(H2,25,26,28)/t12?,13-,14+,17-,20?/m1/s1. The molecule has 0 aromatic heterocycles. The Balaban J connectivity index is 1.35. The Kier molecular flexibility index (Phi) is 5.46. The number of carbonyl (C=O) groups is 1. The molecule has 158 valence electrons. The number of benzene rings is 1. The molecule has 0 radical (unpaired) electrons. The minimum absolute atomic E-state index is 0.118. The number of rotatable bonds is 7. The van der Waals surface area contributed by atoms with Crippen molar-refractivity contribution in [2.24, 2.45) is 22.7 Å². The van der Waals surface area contributed by atoms with Gasteiger partial charge < -0.3 is 20.3 Å². The number of hydrogen-bond donors (Lipinski definition) is 2. The number of aliphatic imine (C=N–C) groups is 1. The topological polar surface area (TPSA) is 66.0 Å². The van der Waals surface area contributed by atoms with Crippen LogP contribution in [0.1, 0.15) is 26.2 Å². The van der Waals surface area contributed by atoms with Crippen molar-refractivity contribution in [2.45, 2.75) is 44.3 Å². The van der Waals surface area contributed by atoms with Crippen molar-refractivity contribution in [2.75, 3.05) is 25.2 Å². The molecule has 1 aliphatic heterocycles. The SMILES string of the molecule is C=Nc1cc(F)c(F)cc1N(C)C1C[C@@H]2C([C@@H](CC)NC(=O)NC3COC3)[C@@H]2C1. The third kappa shape index (κ3) is 3.82. The molecule has 2 N–H and O–H groups in total. The van der Waals surface area contributed by atoms with Crippen LogP contribution in [0.4, 0.5) is 25.0 Å². The Morgan fingerprint density at radius 1 is 1.31 bits per heavy atom. The summed E-state index contributed by atoms with van der Waals surface area (Å²) in [5.41, 5.74) is 0.919. The molecule has 6 nitrogen and oxygen atoms in total. The van der Waals surface area contributed by atoms with Gasteiger partial charge >= 0.3 is 6.03 Å².